The van der Waals surface area contributed by atoms with Crippen LogP contribution in [-0.4, -0.2) is 24.9 Å². The molecule has 0 radical (unpaired) electrons. The van der Waals surface area contributed by atoms with Crippen molar-refractivity contribution in [2.75, 3.05) is 18.3 Å². The number of halogens is 2. The lowest BCUT2D eigenvalue weighted by Gasteiger charge is -2.09. The van der Waals surface area contributed by atoms with Gasteiger partial charge in [0, 0.05) is 5.38 Å². The number of nitrogens with one attached hydrogen (secondary N) is 1. The van der Waals surface area contributed by atoms with Crippen molar-refractivity contribution in [3.05, 3.63) is 29.1 Å². The quantitative estimate of drug-likeness (QED) is 0.633. The third kappa shape index (κ3) is 4.28. The SMILES string of the molecule is COc1cc(C=NNc2nc(N)cs2)ccc1OC(F)F. The van der Waals surface area contributed by atoms with E-state index in [4.69, 9.17) is 10.5 Å². The van der Waals surface area contributed by atoms with Crippen LogP contribution in [0.3, 0.4) is 0 Å². The van der Waals surface area contributed by atoms with Crippen molar-refractivity contribution in [3.63, 3.8) is 0 Å². The lowest BCUT2D eigenvalue weighted by molar-refractivity contribution is -0.0512. The third-order valence-corrected chi connectivity index (χ3v) is 3.06. The van der Waals surface area contributed by atoms with Crippen molar-refractivity contribution in [3.8, 4) is 11.5 Å². The minimum absolute atomic E-state index is 0.0368. The molecule has 0 bridgehead atoms. The summed E-state index contributed by atoms with van der Waals surface area (Å²) in [4.78, 5) is 3.97. The van der Waals surface area contributed by atoms with E-state index >= 15 is 0 Å². The summed E-state index contributed by atoms with van der Waals surface area (Å²) in [5.41, 5.74) is 8.82. The number of thiazole rings is 1. The van der Waals surface area contributed by atoms with Crippen LogP contribution in [-0.2, 0) is 0 Å². The Labute approximate surface area is 123 Å². The molecule has 0 aliphatic carbocycles. The lowest BCUT2D eigenvalue weighted by atomic mass is 10.2. The number of hydrogen-bond acceptors (Lipinski definition) is 7. The van der Waals surface area contributed by atoms with E-state index in [1.54, 1.807) is 11.4 Å². The first-order valence-electron chi connectivity index (χ1n) is 5.71. The van der Waals surface area contributed by atoms with Crippen LogP contribution in [0.25, 0.3) is 0 Å². The van der Waals surface area contributed by atoms with Crippen molar-refractivity contribution in [1.29, 1.82) is 0 Å². The fraction of sp³-hybridized carbons (Fsp3) is 0.167. The highest BCUT2D eigenvalue weighted by Gasteiger charge is 2.10. The van der Waals surface area contributed by atoms with Gasteiger partial charge in [-0.25, -0.2) is 4.98 Å². The standard InChI is InChI=1S/C12H12F2N4O2S/c1-19-9-4-7(2-3-8(9)20-11(13)14)5-16-18-12-17-10(15)6-21-12/h2-6,11H,15H2,1H3,(H,17,18). The zero-order valence-electron chi connectivity index (χ0n) is 10.9. The molecule has 0 atom stereocenters. The van der Waals surface area contributed by atoms with Gasteiger partial charge in [-0.15, -0.1) is 11.3 Å². The summed E-state index contributed by atoms with van der Waals surface area (Å²) in [6.45, 7) is -2.91. The Morgan fingerprint density at radius 3 is 2.86 bits per heavy atom. The highest BCUT2D eigenvalue weighted by atomic mass is 32.1. The number of alkyl halides is 2. The molecule has 0 saturated heterocycles. The number of anilines is 2. The molecule has 0 fully saturated rings. The first-order chi connectivity index (χ1) is 10.1. The van der Waals surface area contributed by atoms with Crippen LogP contribution in [0.1, 0.15) is 5.56 Å². The largest absolute Gasteiger partial charge is 0.493 e. The Hall–Kier alpha value is -2.42. The maximum atomic E-state index is 12.2. The van der Waals surface area contributed by atoms with Gasteiger partial charge in [0.15, 0.2) is 11.5 Å². The molecule has 2 rings (SSSR count). The van der Waals surface area contributed by atoms with E-state index in [1.807, 2.05) is 0 Å². The molecule has 1 aromatic heterocycles. The highest BCUT2D eigenvalue weighted by molar-refractivity contribution is 7.14. The summed E-state index contributed by atoms with van der Waals surface area (Å²) in [5, 5.41) is 6.19. The maximum absolute atomic E-state index is 12.2. The Kier molecular flexibility index (Phi) is 4.88. The van der Waals surface area contributed by atoms with Crippen LogP contribution in [0.4, 0.5) is 19.7 Å². The molecular formula is C12H12F2N4O2S. The van der Waals surface area contributed by atoms with Crippen molar-refractivity contribution >= 4 is 28.5 Å². The minimum atomic E-state index is -2.91. The van der Waals surface area contributed by atoms with Crippen LogP contribution >= 0.6 is 11.3 Å². The summed E-state index contributed by atoms with van der Waals surface area (Å²) < 4.78 is 33.7. The van der Waals surface area contributed by atoms with Crippen LogP contribution in [0.15, 0.2) is 28.7 Å². The molecule has 0 spiro atoms. The maximum Gasteiger partial charge on any atom is 0.387 e. The smallest absolute Gasteiger partial charge is 0.387 e. The number of rotatable bonds is 6. The first kappa shape index (κ1) is 15.0. The van der Waals surface area contributed by atoms with E-state index in [0.717, 1.165) is 0 Å². The third-order valence-electron chi connectivity index (χ3n) is 2.30. The van der Waals surface area contributed by atoms with Gasteiger partial charge in [-0.1, -0.05) is 0 Å². The Balaban J connectivity index is 2.06. The predicted molar refractivity (Wildman–Crippen MR) is 77.4 cm³/mol. The number of hydrogen-bond donors (Lipinski definition) is 2. The zero-order valence-corrected chi connectivity index (χ0v) is 11.7. The van der Waals surface area contributed by atoms with E-state index in [1.165, 1.54) is 36.8 Å². The molecule has 0 amide bonds. The van der Waals surface area contributed by atoms with Crippen LogP contribution in [0, 0.1) is 0 Å². The number of ether oxygens (including phenoxy) is 2. The highest BCUT2D eigenvalue weighted by Crippen LogP contribution is 2.29. The van der Waals surface area contributed by atoms with E-state index in [-0.39, 0.29) is 11.5 Å². The number of aromatic nitrogens is 1. The van der Waals surface area contributed by atoms with Gasteiger partial charge >= 0.3 is 6.61 Å². The van der Waals surface area contributed by atoms with Gasteiger partial charge < -0.3 is 15.2 Å². The van der Waals surface area contributed by atoms with Gasteiger partial charge in [0.25, 0.3) is 0 Å². The fourth-order valence-electron chi connectivity index (χ4n) is 1.46. The molecule has 2 aromatic rings. The zero-order chi connectivity index (χ0) is 15.2. The van der Waals surface area contributed by atoms with Crippen molar-refractivity contribution < 1.29 is 18.3 Å². The van der Waals surface area contributed by atoms with Crippen molar-refractivity contribution in [2.24, 2.45) is 5.10 Å². The molecule has 0 saturated carbocycles. The second-order valence-corrected chi connectivity index (χ2v) is 4.59. The van der Waals surface area contributed by atoms with E-state index < -0.39 is 6.61 Å². The number of hydrazone groups is 1. The van der Waals surface area contributed by atoms with Crippen LogP contribution < -0.4 is 20.6 Å². The molecule has 0 unspecified atom stereocenters. The van der Waals surface area contributed by atoms with Crippen LogP contribution in [0.2, 0.25) is 0 Å². The first-order valence-corrected chi connectivity index (χ1v) is 6.59. The van der Waals surface area contributed by atoms with Crippen molar-refractivity contribution in [2.45, 2.75) is 6.61 Å². The normalized spacial score (nSPS) is 11.0. The fourth-order valence-corrected chi connectivity index (χ4v) is 2.01. The molecule has 0 aliphatic heterocycles. The molecule has 3 N–H and O–H groups in total. The summed E-state index contributed by atoms with van der Waals surface area (Å²) >= 11 is 1.31. The molecule has 0 aliphatic rings. The van der Waals surface area contributed by atoms with E-state index in [0.29, 0.717) is 16.5 Å². The lowest BCUT2D eigenvalue weighted by Crippen LogP contribution is -2.03. The average Bonchev–Trinajstić information content (AvgIpc) is 2.85. The van der Waals surface area contributed by atoms with Gasteiger partial charge in [0.05, 0.1) is 13.3 Å². The molecule has 1 heterocycles. The monoisotopic (exact) mass is 314 g/mol. The molecule has 9 heteroatoms. The number of benzene rings is 1. The molecule has 1 aromatic carbocycles. The van der Waals surface area contributed by atoms with Gasteiger partial charge in [-0.3, -0.25) is 5.43 Å². The number of methoxy groups -OCH3 is 1. The molecule has 112 valence electrons. The van der Waals surface area contributed by atoms with E-state index in [9.17, 15) is 8.78 Å². The van der Waals surface area contributed by atoms with Gasteiger partial charge in [-0.05, 0) is 23.8 Å². The summed E-state index contributed by atoms with van der Waals surface area (Å²) in [5.74, 6) is 0.566. The Morgan fingerprint density at radius 1 is 1.43 bits per heavy atom. The van der Waals surface area contributed by atoms with Crippen molar-refractivity contribution in [1.82, 2.24) is 4.98 Å². The summed E-state index contributed by atoms with van der Waals surface area (Å²) in [7, 11) is 1.37. The predicted octanol–water partition coefficient (Wildman–Crippen LogP) is 2.78. The van der Waals surface area contributed by atoms with Gasteiger partial charge in [0.2, 0.25) is 5.13 Å². The molecule has 6 nitrogen and oxygen atoms in total. The number of nitrogens with two attached hydrogens (primary N) is 1. The number of nitrogen functional groups attached to an aromatic ring is 1. The average molecular weight is 314 g/mol. The van der Waals surface area contributed by atoms with Crippen LogP contribution in [0.5, 0.6) is 11.5 Å². The summed E-state index contributed by atoms with van der Waals surface area (Å²) in [6, 6.07) is 4.48. The molecular weight excluding hydrogens is 302 g/mol. The Bertz CT molecular complexity index is 633. The number of nitrogens with zero attached hydrogens (tertiary/aromatic N) is 2. The molecule has 21 heavy (non-hydrogen) atoms. The summed E-state index contributed by atoms with van der Waals surface area (Å²) in [6.07, 6.45) is 1.49. The second kappa shape index (κ2) is 6.84. The Morgan fingerprint density at radius 2 is 2.24 bits per heavy atom. The van der Waals surface area contributed by atoms with Gasteiger partial charge in [-0.2, -0.15) is 13.9 Å². The van der Waals surface area contributed by atoms with Gasteiger partial charge in [0.1, 0.15) is 5.82 Å². The minimum Gasteiger partial charge on any atom is -0.493 e. The second-order valence-electron chi connectivity index (χ2n) is 3.74. The topological polar surface area (TPSA) is 81.8 Å². The van der Waals surface area contributed by atoms with E-state index in [2.05, 4.69) is 20.2 Å².